The normalized spacial score (nSPS) is 14.9. The van der Waals surface area contributed by atoms with E-state index in [0.29, 0.717) is 16.9 Å². The summed E-state index contributed by atoms with van der Waals surface area (Å²) >= 11 is 0. The quantitative estimate of drug-likeness (QED) is 0.523. The maximum absolute atomic E-state index is 14.1. The fraction of sp³-hybridized carbons (Fsp3) is 0.286. The Balaban J connectivity index is 1.39. The van der Waals surface area contributed by atoms with Gasteiger partial charge in [0, 0.05) is 32.4 Å². The van der Waals surface area contributed by atoms with Crippen LogP contribution >= 0.6 is 0 Å². The fourth-order valence-electron chi connectivity index (χ4n) is 3.82. The van der Waals surface area contributed by atoms with Crippen LogP contribution in [0.25, 0.3) is 22.4 Å². The third-order valence-electron chi connectivity index (χ3n) is 5.40. The van der Waals surface area contributed by atoms with E-state index in [1.54, 1.807) is 24.8 Å². The van der Waals surface area contributed by atoms with Gasteiger partial charge in [-0.2, -0.15) is 9.37 Å². The van der Waals surface area contributed by atoms with Crippen molar-refractivity contribution in [1.82, 2.24) is 29.5 Å². The Morgan fingerprint density at radius 1 is 1.07 bits per heavy atom. The van der Waals surface area contributed by atoms with Gasteiger partial charge in [0.05, 0.1) is 29.4 Å². The number of aromatic nitrogens is 6. The van der Waals surface area contributed by atoms with E-state index < -0.39 is 6.08 Å². The molecule has 1 N–H and O–H groups in total. The van der Waals surface area contributed by atoms with Crippen LogP contribution in [0.3, 0.4) is 0 Å². The van der Waals surface area contributed by atoms with Crippen LogP contribution in [-0.2, 0) is 7.05 Å². The smallest absolute Gasteiger partial charge is 0.311 e. The van der Waals surface area contributed by atoms with Crippen molar-refractivity contribution in [3.05, 3.63) is 55.1 Å². The lowest BCUT2D eigenvalue weighted by molar-refractivity contribution is 0.516. The number of fused-ring (bicyclic) bond motifs is 1. The molecule has 5 heterocycles. The molecule has 30 heavy (non-hydrogen) atoms. The first-order chi connectivity index (χ1) is 14.7. The predicted octanol–water partition coefficient (Wildman–Crippen LogP) is 3.04. The fourth-order valence-corrected chi connectivity index (χ4v) is 3.82. The number of aryl methyl sites for hydroxylation is 1. The van der Waals surface area contributed by atoms with Gasteiger partial charge in [0.2, 0.25) is 0 Å². The first-order valence-electron chi connectivity index (χ1n) is 9.91. The molecule has 1 fully saturated rings. The molecular formula is C21H21FN8. The van der Waals surface area contributed by atoms with Crippen LogP contribution in [0.4, 0.5) is 16.0 Å². The summed E-state index contributed by atoms with van der Waals surface area (Å²) in [6.45, 7) is 1.74. The van der Waals surface area contributed by atoms with E-state index in [0.717, 1.165) is 43.1 Å². The third-order valence-corrected chi connectivity index (χ3v) is 5.40. The number of piperidine rings is 1. The van der Waals surface area contributed by atoms with Crippen molar-refractivity contribution in [1.29, 1.82) is 0 Å². The molecule has 1 aliphatic heterocycles. The highest BCUT2D eigenvalue weighted by molar-refractivity contribution is 5.86. The zero-order chi connectivity index (χ0) is 20.5. The van der Waals surface area contributed by atoms with Gasteiger partial charge in [0.1, 0.15) is 11.3 Å². The molecule has 0 saturated carbocycles. The van der Waals surface area contributed by atoms with Crippen molar-refractivity contribution >= 4 is 22.7 Å². The molecule has 8 nitrogen and oxygen atoms in total. The summed E-state index contributed by atoms with van der Waals surface area (Å²) in [6.07, 6.45) is 6.30. The van der Waals surface area contributed by atoms with Crippen LogP contribution < -0.4 is 10.2 Å². The van der Waals surface area contributed by atoms with Crippen LogP contribution in [0.1, 0.15) is 12.8 Å². The van der Waals surface area contributed by atoms with Gasteiger partial charge >= 0.3 is 6.08 Å². The summed E-state index contributed by atoms with van der Waals surface area (Å²) in [4.78, 5) is 23.5. The Labute approximate surface area is 172 Å². The number of pyridine rings is 2. The highest BCUT2D eigenvalue weighted by Gasteiger charge is 2.22. The number of halogens is 1. The molecule has 4 aromatic heterocycles. The Morgan fingerprint density at radius 2 is 1.93 bits per heavy atom. The number of nitrogens with zero attached hydrogens (tertiary/aromatic N) is 7. The topological polar surface area (TPSA) is 84.7 Å². The summed E-state index contributed by atoms with van der Waals surface area (Å²) < 4.78 is 15.9. The van der Waals surface area contributed by atoms with E-state index in [9.17, 15) is 4.39 Å². The highest BCUT2D eigenvalue weighted by Crippen LogP contribution is 2.26. The molecule has 4 aromatic rings. The van der Waals surface area contributed by atoms with Crippen molar-refractivity contribution in [3.63, 3.8) is 0 Å². The molecule has 0 bridgehead atoms. The average Bonchev–Trinajstić information content (AvgIpc) is 3.20. The molecule has 0 spiro atoms. The van der Waals surface area contributed by atoms with Crippen LogP contribution in [-0.4, -0.2) is 48.6 Å². The summed E-state index contributed by atoms with van der Waals surface area (Å²) in [5, 5.41) is 3.40. The second-order valence-corrected chi connectivity index (χ2v) is 7.39. The van der Waals surface area contributed by atoms with E-state index in [-0.39, 0.29) is 6.04 Å². The molecule has 0 aromatic carbocycles. The number of rotatable bonds is 4. The molecule has 1 saturated heterocycles. The van der Waals surface area contributed by atoms with Crippen molar-refractivity contribution in [2.75, 3.05) is 23.3 Å². The second kappa shape index (κ2) is 7.66. The number of imidazole rings is 1. The number of anilines is 2. The van der Waals surface area contributed by atoms with Crippen LogP contribution in [0.2, 0.25) is 0 Å². The Morgan fingerprint density at radius 3 is 2.67 bits per heavy atom. The molecule has 0 aliphatic carbocycles. The minimum atomic E-state index is -0.758. The summed E-state index contributed by atoms with van der Waals surface area (Å²) in [7, 11) is 1.91. The van der Waals surface area contributed by atoms with Crippen LogP contribution in [0.15, 0.2) is 49.1 Å². The summed E-state index contributed by atoms with van der Waals surface area (Å²) in [5.74, 6) is 1.41. The van der Waals surface area contributed by atoms with E-state index in [1.807, 2.05) is 35.9 Å². The minimum Gasteiger partial charge on any atom is -0.365 e. The zero-order valence-electron chi connectivity index (χ0n) is 16.5. The minimum absolute atomic E-state index is 0.171. The van der Waals surface area contributed by atoms with Gasteiger partial charge in [-0.05, 0) is 37.1 Å². The van der Waals surface area contributed by atoms with Crippen molar-refractivity contribution in [2.24, 2.45) is 7.05 Å². The predicted molar refractivity (Wildman–Crippen MR) is 113 cm³/mol. The largest absolute Gasteiger partial charge is 0.365 e. The molecule has 1 aliphatic rings. The standard InChI is InChI=1S/C21H21FN8/c1-29-13-23-12-17(29)15-5-6-16-19(26-15)20(28-21(22)27-16)25-14-7-10-30(11-8-14)18-4-2-3-9-24-18/h2-6,9,12-14H,7-8,10-11H2,1H3,(H,25,27,28). The second-order valence-electron chi connectivity index (χ2n) is 7.39. The van der Waals surface area contributed by atoms with Gasteiger partial charge in [0.15, 0.2) is 5.82 Å². The zero-order valence-corrected chi connectivity index (χ0v) is 16.5. The summed E-state index contributed by atoms with van der Waals surface area (Å²) in [5.41, 5.74) is 2.64. The number of hydrogen-bond acceptors (Lipinski definition) is 7. The van der Waals surface area contributed by atoms with Gasteiger partial charge < -0.3 is 14.8 Å². The van der Waals surface area contributed by atoms with Gasteiger partial charge in [0.25, 0.3) is 0 Å². The van der Waals surface area contributed by atoms with Crippen LogP contribution in [0.5, 0.6) is 0 Å². The molecule has 9 heteroatoms. The molecule has 5 rings (SSSR count). The lowest BCUT2D eigenvalue weighted by Crippen LogP contribution is -2.39. The monoisotopic (exact) mass is 404 g/mol. The highest BCUT2D eigenvalue weighted by atomic mass is 19.1. The molecular weight excluding hydrogens is 383 g/mol. The molecule has 152 valence electrons. The number of nitrogens with one attached hydrogen (secondary N) is 1. The number of hydrogen-bond donors (Lipinski definition) is 1. The van der Waals surface area contributed by atoms with Gasteiger partial charge in [-0.25, -0.2) is 19.9 Å². The molecule has 0 radical (unpaired) electrons. The van der Waals surface area contributed by atoms with Gasteiger partial charge in [-0.3, -0.25) is 0 Å². The SMILES string of the molecule is Cn1cncc1-c1ccc2nc(F)nc(NC3CCN(c4ccccn4)CC3)c2n1. The van der Waals surface area contributed by atoms with E-state index in [2.05, 4.69) is 30.2 Å². The Bertz CT molecular complexity index is 1170. The first kappa shape index (κ1) is 18.4. The maximum Gasteiger partial charge on any atom is 0.311 e. The van der Waals surface area contributed by atoms with E-state index in [1.165, 1.54) is 0 Å². The van der Waals surface area contributed by atoms with Gasteiger partial charge in [-0.1, -0.05) is 6.07 Å². The van der Waals surface area contributed by atoms with Gasteiger partial charge in [-0.15, -0.1) is 0 Å². The maximum atomic E-state index is 14.1. The lowest BCUT2D eigenvalue weighted by atomic mass is 10.0. The average molecular weight is 404 g/mol. The van der Waals surface area contributed by atoms with E-state index >= 15 is 0 Å². The van der Waals surface area contributed by atoms with Crippen molar-refractivity contribution < 1.29 is 4.39 Å². The van der Waals surface area contributed by atoms with E-state index in [4.69, 9.17) is 4.98 Å². The molecule has 0 atom stereocenters. The summed E-state index contributed by atoms with van der Waals surface area (Å²) in [6, 6.07) is 9.69. The van der Waals surface area contributed by atoms with Crippen LogP contribution in [0, 0.1) is 6.08 Å². The third kappa shape index (κ3) is 3.54. The van der Waals surface area contributed by atoms with Crippen molar-refractivity contribution in [3.8, 4) is 11.4 Å². The molecule has 0 unspecified atom stereocenters. The Kier molecular flexibility index (Phi) is 4.70. The first-order valence-corrected chi connectivity index (χ1v) is 9.91. The lowest BCUT2D eigenvalue weighted by Gasteiger charge is -2.33. The Hall–Kier alpha value is -3.62. The van der Waals surface area contributed by atoms with Crippen molar-refractivity contribution in [2.45, 2.75) is 18.9 Å². The molecule has 0 amide bonds.